The second-order valence-electron chi connectivity index (χ2n) is 8.02. The Balaban J connectivity index is 1.51. The van der Waals surface area contributed by atoms with Crippen LogP contribution in [0.3, 0.4) is 0 Å². The number of hydrogen-bond donors (Lipinski definition) is 1. The van der Waals surface area contributed by atoms with Crippen LogP contribution in [0.2, 0.25) is 0 Å². The monoisotopic (exact) mass is 395 g/mol. The minimum atomic E-state index is -0.745. The van der Waals surface area contributed by atoms with Crippen molar-refractivity contribution in [3.63, 3.8) is 0 Å². The molecule has 8 heteroatoms. The normalized spacial score (nSPS) is 20.8. The molecule has 1 N–H and O–H groups in total. The third-order valence-electron chi connectivity index (χ3n) is 5.72. The van der Waals surface area contributed by atoms with Crippen LogP contribution in [0.1, 0.15) is 56.4 Å². The van der Waals surface area contributed by atoms with Crippen molar-refractivity contribution in [2.75, 3.05) is 16.8 Å². The van der Waals surface area contributed by atoms with E-state index in [0.29, 0.717) is 29.8 Å². The fourth-order valence-electron chi connectivity index (χ4n) is 4.16. The quantitative estimate of drug-likeness (QED) is 0.843. The van der Waals surface area contributed by atoms with Gasteiger partial charge in [0.2, 0.25) is 11.8 Å². The van der Waals surface area contributed by atoms with Gasteiger partial charge in [0.25, 0.3) is 5.91 Å². The fraction of sp³-hybridized carbons (Fsp3) is 0.429. The van der Waals surface area contributed by atoms with Gasteiger partial charge in [-0.2, -0.15) is 5.10 Å². The summed E-state index contributed by atoms with van der Waals surface area (Å²) in [5, 5.41) is 7.04. The summed E-state index contributed by atoms with van der Waals surface area (Å²) >= 11 is 0. The Morgan fingerprint density at radius 3 is 2.76 bits per heavy atom. The summed E-state index contributed by atoms with van der Waals surface area (Å²) in [6.07, 6.45) is 4.46. The number of nitrogens with zero attached hydrogens (tertiary/aromatic N) is 4. The van der Waals surface area contributed by atoms with Gasteiger partial charge >= 0.3 is 0 Å². The van der Waals surface area contributed by atoms with Crippen LogP contribution in [0.4, 0.5) is 11.4 Å². The first-order valence-corrected chi connectivity index (χ1v) is 9.89. The Labute approximate surface area is 169 Å². The van der Waals surface area contributed by atoms with Gasteiger partial charge in [0.15, 0.2) is 0 Å². The van der Waals surface area contributed by atoms with Crippen LogP contribution < -0.4 is 10.2 Å². The van der Waals surface area contributed by atoms with Crippen molar-refractivity contribution in [3.8, 4) is 0 Å². The molecule has 0 bridgehead atoms. The third-order valence-corrected chi connectivity index (χ3v) is 5.72. The molecule has 1 aromatic carbocycles. The summed E-state index contributed by atoms with van der Waals surface area (Å²) in [6.45, 7) is 6.15. The number of benzene rings is 1. The minimum Gasteiger partial charge on any atom is -0.323 e. The smallest absolute Gasteiger partial charge is 0.257 e. The molecule has 8 nitrogen and oxygen atoms in total. The maximum atomic E-state index is 13.2. The highest BCUT2D eigenvalue weighted by atomic mass is 16.2. The van der Waals surface area contributed by atoms with Gasteiger partial charge in [-0.1, -0.05) is 12.1 Å². The Bertz CT molecular complexity index is 982. The van der Waals surface area contributed by atoms with E-state index in [9.17, 15) is 14.4 Å². The number of hydrogen-bond acceptors (Lipinski definition) is 4. The van der Waals surface area contributed by atoms with Crippen LogP contribution in [0.25, 0.3) is 0 Å². The first kappa shape index (κ1) is 19.2. The molecular weight excluding hydrogens is 370 g/mol. The van der Waals surface area contributed by atoms with Crippen LogP contribution in [-0.4, -0.2) is 44.6 Å². The summed E-state index contributed by atoms with van der Waals surface area (Å²) in [5.41, 5.74) is 1.04. The van der Waals surface area contributed by atoms with E-state index in [0.717, 1.165) is 0 Å². The number of aromatic nitrogens is 2. The SMILES string of the molecule is CC(C)n1cc(NC(=O)CCN2C(=O)c3ccccc3N3C(=O)CCC23C)cn1. The molecule has 1 fully saturated rings. The molecule has 1 atom stereocenters. The van der Waals surface area contributed by atoms with Gasteiger partial charge in [0.05, 0.1) is 23.1 Å². The lowest BCUT2D eigenvalue weighted by Gasteiger charge is -2.48. The number of anilines is 2. The number of nitrogens with one attached hydrogen (secondary N) is 1. The highest BCUT2D eigenvalue weighted by Gasteiger charge is 2.52. The molecule has 0 radical (unpaired) electrons. The second-order valence-corrected chi connectivity index (χ2v) is 8.02. The van der Waals surface area contributed by atoms with Crippen molar-refractivity contribution in [2.24, 2.45) is 0 Å². The Morgan fingerprint density at radius 1 is 1.28 bits per heavy atom. The Kier molecular flexibility index (Phi) is 4.64. The average molecular weight is 395 g/mol. The van der Waals surface area contributed by atoms with Crippen LogP contribution in [-0.2, 0) is 9.59 Å². The summed E-state index contributed by atoms with van der Waals surface area (Å²) in [4.78, 5) is 41.6. The topological polar surface area (TPSA) is 87.5 Å². The van der Waals surface area contributed by atoms with Crippen LogP contribution >= 0.6 is 0 Å². The molecule has 3 amide bonds. The molecule has 0 saturated carbocycles. The standard InChI is InChI=1S/C21H25N5O3/c1-14(2)25-13-15(12-22-25)23-18(27)9-11-24-20(29)16-6-4-5-7-17(16)26-19(28)8-10-21(24,26)3/h4-7,12-14H,8-11H2,1-3H3,(H,23,27). The number of rotatable bonds is 5. The summed E-state index contributed by atoms with van der Waals surface area (Å²) in [6, 6.07) is 7.37. The molecule has 152 valence electrons. The van der Waals surface area contributed by atoms with Gasteiger partial charge in [-0.05, 0) is 39.3 Å². The zero-order chi connectivity index (χ0) is 20.8. The van der Waals surface area contributed by atoms with Crippen LogP contribution in [0.5, 0.6) is 0 Å². The number of carbonyl (C=O) groups excluding carboxylic acids is 3. The predicted octanol–water partition coefficient (Wildman–Crippen LogP) is 2.79. The summed E-state index contributed by atoms with van der Waals surface area (Å²) < 4.78 is 1.77. The predicted molar refractivity (Wildman–Crippen MR) is 108 cm³/mol. The van der Waals surface area contributed by atoms with Crippen molar-refractivity contribution in [1.82, 2.24) is 14.7 Å². The van der Waals surface area contributed by atoms with Crippen molar-refractivity contribution < 1.29 is 14.4 Å². The molecule has 1 saturated heterocycles. The average Bonchev–Trinajstić information content (AvgIpc) is 3.26. The van der Waals surface area contributed by atoms with E-state index in [4.69, 9.17) is 0 Å². The zero-order valence-corrected chi connectivity index (χ0v) is 16.9. The van der Waals surface area contributed by atoms with Gasteiger partial charge in [-0.25, -0.2) is 0 Å². The maximum absolute atomic E-state index is 13.2. The summed E-state index contributed by atoms with van der Waals surface area (Å²) in [7, 11) is 0. The molecule has 2 aromatic rings. The van der Waals surface area contributed by atoms with Gasteiger partial charge in [0.1, 0.15) is 5.66 Å². The van der Waals surface area contributed by atoms with Crippen molar-refractivity contribution in [3.05, 3.63) is 42.2 Å². The van der Waals surface area contributed by atoms with E-state index in [1.165, 1.54) is 0 Å². The van der Waals surface area contributed by atoms with E-state index >= 15 is 0 Å². The molecule has 1 aromatic heterocycles. The molecule has 2 aliphatic heterocycles. The van der Waals surface area contributed by atoms with Gasteiger partial charge < -0.3 is 10.2 Å². The lowest BCUT2D eigenvalue weighted by atomic mass is 9.98. The first-order valence-electron chi connectivity index (χ1n) is 9.89. The first-order chi connectivity index (χ1) is 13.8. The zero-order valence-electron chi connectivity index (χ0n) is 16.9. The number of amides is 3. The van der Waals surface area contributed by atoms with Crippen molar-refractivity contribution in [2.45, 2.75) is 51.7 Å². The lowest BCUT2D eigenvalue weighted by Crippen LogP contribution is -2.62. The minimum absolute atomic E-state index is 0.00278. The van der Waals surface area contributed by atoms with Gasteiger partial charge in [0, 0.05) is 31.6 Å². The second kappa shape index (κ2) is 7.02. The maximum Gasteiger partial charge on any atom is 0.257 e. The molecule has 3 heterocycles. The van der Waals surface area contributed by atoms with E-state index in [1.54, 1.807) is 39.0 Å². The third kappa shape index (κ3) is 3.18. The van der Waals surface area contributed by atoms with Crippen molar-refractivity contribution >= 4 is 29.1 Å². The number of carbonyl (C=O) groups is 3. The summed E-state index contributed by atoms with van der Waals surface area (Å²) in [5.74, 6) is -0.336. The van der Waals surface area contributed by atoms with E-state index in [1.807, 2.05) is 32.9 Å². The fourth-order valence-corrected chi connectivity index (χ4v) is 4.16. The van der Waals surface area contributed by atoms with E-state index < -0.39 is 5.66 Å². The molecule has 29 heavy (non-hydrogen) atoms. The molecular formula is C21H25N5O3. The molecule has 2 aliphatic rings. The Morgan fingerprint density at radius 2 is 2.03 bits per heavy atom. The number of fused-ring (bicyclic) bond motifs is 3. The molecule has 4 rings (SSSR count). The van der Waals surface area contributed by atoms with Crippen molar-refractivity contribution in [1.29, 1.82) is 0 Å². The van der Waals surface area contributed by atoms with Gasteiger partial charge in [-0.3, -0.25) is 24.0 Å². The largest absolute Gasteiger partial charge is 0.323 e. The van der Waals surface area contributed by atoms with E-state index in [-0.39, 0.29) is 36.7 Å². The Hall–Kier alpha value is -3.16. The highest BCUT2D eigenvalue weighted by Crippen LogP contribution is 2.43. The molecule has 1 unspecified atom stereocenters. The molecule has 0 aliphatic carbocycles. The number of para-hydroxylation sites is 1. The highest BCUT2D eigenvalue weighted by molar-refractivity contribution is 6.10. The van der Waals surface area contributed by atoms with Crippen LogP contribution in [0.15, 0.2) is 36.7 Å². The van der Waals surface area contributed by atoms with E-state index in [2.05, 4.69) is 10.4 Å². The lowest BCUT2D eigenvalue weighted by molar-refractivity contribution is -0.117. The molecule has 0 spiro atoms. The van der Waals surface area contributed by atoms with Gasteiger partial charge in [-0.15, -0.1) is 0 Å². The van der Waals surface area contributed by atoms with Crippen LogP contribution in [0, 0.1) is 0 Å².